The number of amides is 1. The minimum absolute atomic E-state index is 0.0823. The van der Waals surface area contributed by atoms with Crippen molar-refractivity contribution in [3.63, 3.8) is 0 Å². The number of carbonyl (C=O) groups is 2. The highest BCUT2D eigenvalue weighted by atomic mass is 32.2. The first-order valence-corrected chi connectivity index (χ1v) is 8.83. The van der Waals surface area contributed by atoms with Gasteiger partial charge in [0.1, 0.15) is 0 Å². The van der Waals surface area contributed by atoms with E-state index >= 15 is 0 Å². The van der Waals surface area contributed by atoms with Gasteiger partial charge in [-0.1, -0.05) is 38.8 Å². The molecule has 0 saturated carbocycles. The Labute approximate surface area is 136 Å². The molecule has 0 aliphatic rings. The second kappa shape index (κ2) is 9.51. The van der Waals surface area contributed by atoms with E-state index in [1.54, 1.807) is 11.8 Å². The number of carboxylic acid groups (broad SMARTS) is 1. The molecule has 1 aromatic carbocycles. The second-order valence-electron chi connectivity index (χ2n) is 5.59. The summed E-state index contributed by atoms with van der Waals surface area (Å²) in [5, 5.41) is 11.9. The third-order valence-electron chi connectivity index (χ3n) is 3.55. The van der Waals surface area contributed by atoms with Crippen molar-refractivity contribution in [1.82, 2.24) is 5.32 Å². The molecule has 1 aromatic rings. The monoisotopic (exact) mass is 323 g/mol. The maximum Gasteiger partial charge on any atom is 0.305 e. The maximum atomic E-state index is 12.1. The van der Waals surface area contributed by atoms with Gasteiger partial charge >= 0.3 is 5.97 Å². The van der Waals surface area contributed by atoms with Crippen LogP contribution in [-0.2, 0) is 9.59 Å². The van der Waals surface area contributed by atoms with E-state index in [4.69, 9.17) is 5.11 Å². The van der Waals surface area contributed by atoms with Gasteiger partial charge in [0.2, 0.25) is 5.91 Å². The number of benzene rings is 1. The predicted molar refractivity (Wildman–Crippen MR) is 90.0 cm³/mol. The van der Waals surface area contributed by atoms with Crippen molar-refractivity contribution in [3.05, 3.63) is 29.8 Å². The molecule has 1 amide bonds. The Morgan fingerprint density at radius 3 is 2.36 bits per heavy atom. The lowest BCUT2D eigenvalue weighted by Gasteiger charge is -2.19. The zero-order chi connectivity index (χ0) is 16.5. The Bertz CT molecular complexity index is 487. The number of aliphatic carboxylic acids is 1. The van der Waals surface area contributed by atoms with Crippen LogP contribution in [0.1, 0.15) is 51.1 Å². The van der Waals surface area contributed by atoms with E-state index in [0.717, 1.165) is 23.3 Å². The summed E-state index contributed by atoms with van der Waals surface area (Å²) in [6, 6.07) is 7.18. The molecule has 5 heteroatoms. The summed E-state index contributed by atoms with van der Waals surface area (Å²) in [4.78, 5) is 24.3. The molecule has 0 spiro atoms. The minimum atomic E-state index is -0.916. The van der Waals surface area contributed by atoms with Crippen molar-refractivity contribution >= 4 is 23.6 Å². The molecule has 0 bridgehead atoms. The number of carboxylic acids is 1. The van der Waals surface area contributed by atoms with Gasteiger partial charge in [-0.3, -0.25) is 9.59 Å². The van der Waals surface area contributed by atoms with Gasteiger partial charge in [0.15, 0.2) is 0 Å². The van der Waals surface area contributed by atoms with Crippen molar-refractivity contribution in [1.29, 1.82) is 0 Å². The van der Waals surface area contributed by atoms with E-state index < -0.39 is 12.0 Å². The number of nitrogens with one attached hydrogen (secondary N) is 1. The summed E-state index contributed by atoms with van der Waals surface area (Å²) in [5.41, 5.74) is 0.830. The fourth-order valence-electron chi connectivity index (χ4n) is 2.43. The fraction of sp³-hybridized carbons (Fsp3) is 0.529. The Hall–Kier alpha value is -1.49. The van der Waals surface area contributed by atoms with E-state index in [1.165, 1.54) is 0 Å². The number of hydrogen-bond acceptors (Lipinski definition) is 3. The molecule has 0 aromatic heterocycles. The van der Waals surface area contributed by atoms with Gasteiger partial charge in [0.25, 0.3) is 0 Å². The topological polar surface area (TPSA) is 66.4 Å². The Balaban J connectivity index is 2.75. The molecule has 0 radical (unpaired) electrons. The Morgan fingerprint density at radius 1 is 1.23 bits per heavy atom. The molecule has 2 unspecified atom stereocenters. The van der Waals surface area contributed by atoms with Crippen LogP contribution in [0.3, 0.4) is 0 Å². The first-order valence-electron chi connectivity index (χ1n) is 7.61. The van der Waals surface area contributed by atoms with E-state index in [2.05, 4.69) is 12.2 Å². The zero-order valence-corrected chi connectivity index (χ0v) is 14.3. The van der Waals surface area contributed by atoms with Crippen molar-refractivity contribution in [3.8, 4) is 0 Å². The van der Waals surface area contributed by atoms with E-state index in [9.17, 15) is 9.59 Å². The SMILES string of the molecule is CCCC(C)CC(=O)NC(CC(=O)O)c1ccc(SC)cc1. The average Bonchev–Trinajstić information content (AvgIpc) is 2.46. The van der Waals surface area contributed by atoms with E-state index in [-0.39, 0.29) is 12.3 Å². The molecule has 0 saturated heterocycles. The first-order chi connectivity index (χ1) is 10.5. The van der Waals surface area contributed by atoms with Crippen LogP contribution < -0.4 is 5.32 Å². The van der Waals surface area contributed by atoms with Crippen molar-refractivity contribution in [2.75, 3.05) is 6.26 Å². The molecule has 2 atom stereocenters. The summed E-state index contributed by atoms with van der Waals surface area (Å²) in [5.74, 6) is -0.684. The van der Waals surface area contributed by atoms with Gasteiger partial charge in [-0.15, -0.1) is 11.8 Å². The van der Waals surface area contributed by atoms with E-state index in [1.807, 2.05) is 37.4 Å². The molecule has 122 valence electrons. The number of carbonyl (C=O) groups excluding carboxylic acids is 1. The molecule has 0 heterocycles. The lowest BCUT2D eigenvalue weighted by molar-refractivity contribution is -0.137. The number of rotatable bonds is 9. The quantitative estimate of drug-likeness (QED) is 0.677. The second-order valence-corrected chi connectivity index (χ2v) is 6.47. The molecule has 22 heavy (non-hydrogen) atoms. The molecule has 0 aliphatic heterocycles. The highest BCUT2D eigenvalue weighted by molar-refractivity contribution is 7.98. The predicted octanol–water partition coefficient (Wildman–Crippen LogP) is 3.87. The van der Waals surface area contributed by atoms with Crippen LogP contribution in [0.25, 0.3) is 0 Å². The van der Waals surface area contributed by atoms with Crippen LogP contribution in [0, 0.1) is 5.92 Å². The standard InChI is InChI=1S/C17H25NO3S/c1-4-5-12(2)10-16(19)18-15(11-17(20)21)13-6-8-14(22-3)9-7-13/h6-9,12,15H,4-5,10-11H2,1-3H3,(H,18,19)(H,20,21). The van der Waals surface area contributed by atoms with Crippen LogP contribution in [0.5, 0.6) is 0 Å². The number of hydrogen-bond donors (Lipinski definition) is 2. The van der Waals surface area contributed by atoms with Crippen LogP contribution in [-0.4, -0.2) is 23.2 Å². The Morgan fingerprint density at radius 2 is 1.86 bits per heavy atom. The normalized spacial score (nSPS) is 13.4. The highest BCUT2D eigenvalue weighted by Gasteiger charge is 2.19. The lowest BCUT2D eigenvalue weighted by atomic mass is 10.00. The highest BCUT2D eigenvalue weighted by Crippen LogP contribution is 2.22. The molecule has 0 aliphatic carbocycles. The van der Waals surface area contributed by atoms with E-state index in [0.29, 0.717) is 12.3 Å². The van der Waals surface area contributed by atoms with Gasteiger partial charge in [-0.25, -0.2) is 0 Å². The van der Waals surface area contributed by atoms with Crippen LogP contribution in [0.2, 0.25) is 0 Å². The summed E-state index contributed by atoms with van der Waals surface area (Å²) in [6.45, 7) is 4.14. The third-order valence-corrected chi connectivity index (χ3v) is 4.29. The first kappa shape index (κ1) is 18.6. The van der Waals surface area contributed by atoms with Gasteiger partial charge < -0.3 is 10.4 Å². The molecule has 2 N–H and O–H groups in total. The minimum Gasteiger partial charge on any atom is -0.481 e. The van der Waals surface area contributed by atoms with Gasteiger partial charge in [0.05, 0.1) is 12.5 Å². The smallest absolute Gasteiger partial charge is 0.305 e. The Kier molecular flexibility index (Phi) is 8.02. The summed E-state index contributed by atoms with van der Waals surface area (Å²) >= 11 is 1.63. The molecular weight excluding hydrogens is 298 g/mol. The van der Waals surface area contributed by atoms with Gasteiger partial charge in [-0.2, -0.15) is 0 Å². The lowest BCUT2D eigenvalue weighted by Crippen LogP contribution is -2.31. The summed E-state index contributed by atoms with van der Waals surface area (Å²) < 4.78 is 0. The zero-order valence-electron chi connectivity index (χ0n) is 13.5. The molecule has 1 rings (SSSR count). The van der Waals surface area contributed by atoms with Crippen molar-refractivity contribution in [2.45, 2.75) is 50.5 Å². The van der Waals surface area contributed by atoms with Gasteiger partial charge in [-0.05, 0) is 29.9 Å². The number of thioether (sulfide) groups is 1. The van der Waals surface area contributed by atoms with Crippen molar-refractivity contribution in [2.24, 2.45) is 5.92 Å². The van der Waals surface area contributed by atoms with Crippen LogP contribution in [0.4, 0.5) is 0 Å². The van der Waals surface area contributed by atoms with Gasteiger partial charge in [0, 0.05) is 11.3 Å². The largest absolute Gasteiger partial charge is 0.481 e. The molecule has 4 nitrogen and oxygen atoms in total. The van der Waals surface area contributed by atoms with Crippen molar-refractivity contribution < 1.29 is 14.7 Å². The summed E-state index contributed by atoms with van der Waals surface area (Å²) in [7, 11) is 0. The maximum absolute atomic E-state index is 12.1. The molecule has 0 fully saturated rings. The van der Waals surface area contributed by atoms with Crippen LogP contribution >= 0.6 is 11.8 Å². The van der Waals surface area contributed by atoms with Crippen LogP contribution in [0.15, 0.2) is 29.2 Å². The third kappa shape index (κ3) is 6.52. The summed E-state index contributed by atoms with van der Waals surface area (Å²) in [6.07, 6.45) is 4.36. The fourth-order valence-corrected chi connectivity index (χ4v) is 2.84. The molecular formula is C17H25NO3S. The average molecular weight is 323 g/mol.